The summed E-state index contributed by atoms with van der Waals surface area (Å²) < 4.78 is 17.4. The minimum absolute atomic E-state index is 0.000323. The van der Waals surface area contributed by atoms with Crippen molar-refractivity contribution in [1.82, 2.24) is 24.6 Å². The SMILES string of the molecule is Cn1ccnc1-c1nn(CCNC(=O)Cc2ccccc2F)cc1-c1ccc(Cl)cc1. The Balaban J connectivity index is 1.49. The van der Waals surface area contributed by atoms with Gasteiger partial charge in [-0.15, -0.1) is 0 Å². The van der Waals surface area contributed by atoms with Crippen molar-refractivity contribution in [2.75, 3.05) is 6.54 Å². The highest BCUT2D eigenvalue weighted by Crippen LogP contribution is 2.30. The van der Waals surface area contributed by atoms with Gasteiger partial charge in [-0.2, -0.15) is 5.10 Å². The number of carbonyl (C=O) groups excluding carboxylic acids is 1. The molecule has 4 rings (SSSR count). The summed E-state index contributed by atoms with van der Waals surface area (Å²) in [4.78, 5) is 16.6. The number of halogens is 2. The van der Waals surface area contributed by atoms with Crippen LogP contribution in [0, 0.1) is 5.82 Å². The molecule has 0 saturated carbocycles. The van der Waals surface area contributed by atoms with Gasteiger partial charge in [-0.25, -0.2) is 9.37 Å². The molecule has 0 unspecified atom stereocenters. The van der Waals surface area contributed by atoms with Crippen LogP contribution < -0.4 is 5.32 Å². The summed E-state index contributed by atoms with van der Waals surface area (Å²) in [7, 11) is 1.91. The number of hydrogen-bond donors (Lipinski definition) is 1. The third-order valence-electron chi connectivity index (χ3n) is 4.92. The standard InChI is InChI=1S/C23H21ClFN5O/c1-29-12-10-27-23(29)22-19(16-6-8-18(24)9-7-16)15-30(28-22)13-11-26-21(31)14-17-4-2-3-5-20(17)25/h2-10,12,15H,11,13-14H2,1H3,(H,26,31). The van der Waals surface area contributed by atoms with Gasteiger partial charge in [-0.3, -0.25) is 9.48 Å². The number of amides is 1. The zero-order chi connectivity index (χ0) is 21.8. The number of nitrogens with one attached hydrogen (secondary N) is 1. The van der Waals surface area contributed by atoms with Crippen molar-refractivity contribution in [2.24, 2.45) is 7.05 Å². The summed E-state index contributed by atoms with van der Waals surface area (Å²) in [5, 5.41) is 8.18. The fourth-order valence-corrected chi connectivity index (χ4v) is 3.45. The van der Waals surface area contributed by atoms with E-state index < -0.39 is 0 Å². The summed E-state index contributed by atoms with van der Waals surface area (Å²) in [5.74, 6) is 0.129. The van der Waals surface area contributed by atoms with Crippen molar-refractivity contribution < 1.29 is 9.18 Å². The van der Waals surface area contributed by atoms with E-state index in [1.165, 1.54) is 6.07 Å². The number of imidazole rings is 1. The number of nitrogens with zero attached hydrogens (tertiary/aromatic N) is 4. The summed E-state index contributed by atoms with van der Waals surface area (Å²) in [6.45, 7) is 0.836. The molecule has 2 heterocycles. The Hall–Kier alpha value is -3.45. The Morgan fingerprint density at radius 2 is 1.94 bits per heavy atom. The lowest BCUT2D eigenvalue weighted by Gasteiger charge is -2.06. The fraction of sp³-hybridized carbons (Fsp3) is 0.174. The first kappa shape index (κ1) is 20.8. The molecule has 0 atom stereocenters. The molecule has 0 saturated heterocycles. The normalized spacial score (nSPS) is 10.9. The van der Waals surface area contributed by atoms with Crippen LogP contribution in [0.3, 0.4) is 0 Å². The Bertz CT molecular complexity index is 1200. The van der Waals surface area contributed by atoms with Gasteiger partial charge in [0.15, 0.2) is 5.82 Å². The number of hydrogen-bond acceptors (Lipinski definition) is 3. The third-order valence-corrected chi connectivity index (χ3v) is 5.17. The van der Waals surface area contributed by atoms with E-state index >= 15 is 0 Å². The molecular weight excluding hydrogens is 417 g/mol. The first-order valence-corrected chi connectivity index (χ1v) is 10.2. The summed E-state index contributed by atoms with van der Waals surface area (Å²) in [6, 6.07) is 13.8. The van der Waals surface area contributed by atoms with Crippen molar-refractivity contribution in [3.8, 4) is 22.6 Å². The highest BCUT2D eigenvalue weighted by molar-refractivity contribution is 6.30. The molecule has 2 aromatic heterocycles. The van der Waals surface area contributed by atoms with Crippen LogP contribution in [0.15, 0.2) is 67.1 Å². The molecule has 31 heavy (non-hydrogen) atoms. The van der Waals surface area contributed by atoms with Crippen LogP contribution in [0.4, 0.5) is 4.39 Å². The molecule has 0 aliphatic rings. The molecule has 8 heteroatoms. The van der Waals surface area contributed by atoms with Crippen LogP contribution in [0.2, 0.25) is 5.02 Å². The second-order valence-corrected chi connectivity index (χ2v) is 7.58. The Kier molecular flexibility index (Phi) is 6.13. The van der Waals surface area contributed by atoms with Gasteiger partial charge >= 0.3 is 0 Å². The molecular formula is C23H21ClFN5O. The molecule has 4 aromatic rings. The minimum atomic E-state index is -0.378. The second-order valence-electron chi connectivity index (χ2n) is 7.14. The van der Waals surface area contributed by atoms with Gasteiger partial charge < -0.3 is 9.88 Å². The molecule has 0 aliphatic heterocycles. The third kappa shape index (κ3) is 4.83. The topological polar surface area (TPSA) is 64.7 Å². The molecule has 6 nitrogen and oxygen atoms in total. The molecule has 0 spiro atoms. The van der Waals surface area contributed by atoms with E-state index in [0.717, 1.165) is 22.6 Å². The van der Waals surface area contributed by atoms with Gasteiger partial charge in [0.05, 0.1) is 13.0 Å². The van der Waals surface area contributed by atoms with Crippen molar-refractivity contribution in [1.29, 1.82) is 0 Å². The van der Waals surface area contributed by atoms with Gasteiger partial charge in [-0.05, 0) is 29.3 Å². The highest BCUT2D eigenvalue weighted by Gasteiger charge is 2.17. The first-order valence-electron chi connectivity index (χ1n) is 9.82. The van der Waals surface area contributed by atoms with Crippen LogP contribution in [-0.2, 0) is 24.8 Å². The molecule has 158 valence electrons. The van der Waals surface area contributed by atoms with E-state index in [-0.39, 0.29) is 18.1 Å². The predicted octanol–water partition coefficient (Wildman–Crippen LogP) is 4.10. The Morgan fingerprint density at radius 1 is 1.16 bits per heavy atom. The maximum atomic E-state index is 13.7. The zero-order valence-corrected chi connectivity index (χ0v) is 17.7. The quantitative estimate of drug-likeness (QED) is 0.473. The maximum absolute atomic E-state index is 13.7. The van der Waals surface area contributed by atoms with Gasteiger partial charge in [0.1, 0.15) is 11.5 Å². The predicted molar refractivity (Wildman–Crippen MR) is 118 cm³/mol. The van der Waals surface area contributed by atoms with Gasteiger partial charge in [0.2, 0.25) is 5.91 Å². The summed E-state index contributed by atoms with van der Waals surface area (Å²) >= 11 is 6.03. The monoisotopic (exact) mass is 437 g/mol. The van der Waals surface area contributed by atoms with Crippen LogP contribution >= 0.6 is 11.6 Å². The molecule has 1 amide bonds. The van der Waals surface area contributed by atoms with Crippen LogP contribution in [0.1, 0.15) is 5.56 Å². The van der Waals surface area contributed by atoms with E-state index in [2.05, 4.69) is 10.3 Å². The van der Waals surface area contributed by atoms with Gasteiger partial charge in [0.25, 0.3) is 0 Å². The lowest BCUT2D eigenvalue weighted by molar-refractivity contribution is -0.120. The van der Waals surface area contributed by atoms with Gasteiger partial charge in [-0.1, -0.05) is 41.9 Å². The number of benzene rings is 2. The van der Waals surface area contributed by atoms with Crippen molar-refractivity contribution in [3.05, 3.63) is 83.5 Å². The largest absolute Gasteiger partial charge is 0.354 e. The number of carbonyl (C=O) groups is 1. The van der Waals surface area contributed by atoms with Crippen LogP contribution in [0.5, 0.6) is 0 Å². The minimum Gasteiger partial charge on any atom is -0.354 e. The molecule has 0 aliphatic carbocycles. The average molecular weight is 438 g/mol. The second kappa shape index (κ2) is 9.14. The smallest absolute Gasteiger partial charge is 0.224 e. The van der Waals surface area contributed by atoms with Crippen LogP contribution in [-0.4, -0.2) is 31.8 Å². The van der Waals surface area contributed by atoms with E-state index in [1.54, 1.807) is 29.1 Å². The lowest BCUT2D eigenvalue weighted by atomic mass is 10.1. The highest BCUT2D eigenvalue weighted by atomic mass is 35.5. The van der Waals surface area contributed by atoms with E-state index in [9.17, 15) is 9.18 Å². The first-order chi connectivity index (χ1) is 15.0. The van der Waals surface area contributed by atoms with Gasteiger partial charge in [0, 0.05) is 42.8 Å². The van der Waals surface area contributed by atoms with Crippen molar-refractivity contribution in [3.63, 3.8) is 0 Å². The van der Waals surface area contributed by atoms with E-state index in [0.29, 0.717) is 23.7 Å². The molecule has 0 bridgehead atoms. The number of aromatic nitrogens is 4. The zero-order valence-electron chi connectivity index (χ0n) is 16.9. The molecule has 1 N–H and O–H groups in total. The molecule has 2 aromatic carbocycles. The molecule has 0 radical (unpaired) electrons. The van der Waals surface area contributed by atoms with E-state index in [4.69, 9.17) is 16.7 Å². The number of aryl methyl sites for hydroxylation is 1. The summed E-state index contributed by atoms with van der Waals surface area (Å²) in [6.07, 6.45) is 5.52. The average Bonchev–Trinajstić information content (AvgIpc) is 3.36. The fourth-order valence-electron chi connectivity index (χ4n) is 3.32. The lowest BCUT2D eigenvalue weighted by Crippen LogP contribution is -2.29. The Morgan fingerprint density at radius 3 is 2.65 bits per heavy atom. The van der Waals surface area contributed by atoms with Crippen molar-refractivity contribution in [2.45, 2.75) is 13.0 Å². The van der Waals surface area contributed by atoms with Crippen LogP contribution in [0.25, 0.3) is 22.6 Å². The van der Waals surface area contributed by atoms with Crippen molar-refractivity contribution >= 4 is 17.5 Å². The van der Waals surface area contributed by atoms with E-state index in [1.807, 2.05) is 48.3 Å². The Labute approximate surface area is 184 Å². The maximum Gasteiger partial charge on any atom is 0.224 e. The molecule has 0 fully saturated rings. The number of rotatable bonds is 7. The summed E-state index contributed by atoms with van der Waals surface area (Å²) in [5.41, 5.74) is 3.01.